The van der Waals surface area contributed by atoms with E-state index in [-0.39, 0.29) is 5.33 Å². The summed E-state index contributed by atoms with van der Waals surface area (Å²) in [5.74, 6) is -2.41. The molecule has 0 aromatic rings. The van der Waals surface area contributed by atoms with E-state index in [0.717, 1.165) is 0 Å². The van der Waals surface area contributed by atoms with Crippen LogP contribution in [0.3, 0.4) is 0 Å². The molecule has 1 atom stereocenters. The molecule has 0 saturated heterocycles. The number of carbonyl (C=O) groups excluding carboxylic acids is 1. The zero-order valence-corrected chi connectivity index (χ0v) is 6.37. The fraction of sp³-hybridized carbons (Fsp3) is 0.500. The molecule has 0 fully saturated rings. The van der Waals surface area contributed by atoms with Crippen LogP contribution in [0.25, 0.3) is 0 Å². The van der Waals surface area contributed by atoms with Crippen molar-refractivity contribution in [2.24, 2.45) is 0 Å². The predicted molar refractivity (Wildman–Crippen MR) is 33.5 cm³/mol. The number of hydrogen-bond donors (Lipinski definition) is 2. The average molecular weight is 213 g/mol. The van der Waals surface area contributed by atoms with Crippen LogP contribution in [0.2, 0.25) is 0 Å². The first-order chi connectivity index (χ1) is 4.57. The van der Waals surface area contributed by atoms with Crippen molar-refractivity contribution in [1.29, 1.82) is 0 Å². The second-order valence-corrected chi connectivity index (χ2v) is 1.87. The van der Waals surface area contributed by atoms with E-state index < -0.39 is 18.2 Å². The van der Waals surface area contributed by atoms with Gasteiger partial charge in [-0.2, -0.15) is 0 Å². The first-order valence-corrected chi connectivity index (χ1v) is 3.36. The summed E-state index contributed by atoms with van der Waals surface area (Å²) in [5, 5.41) is 16.2. The molecule has 0 radical (unpaired) electrons. The van der Waals surface area contributed by atoms with E-state index in [2.05, 4.69) is 20.7 Å². The summed E-state index contributed by atoms with van der Waals surface area (Å²) < 4.78 is 3.93. The third-order valence-electron chi connectivity index (χ3n) is 0.563. The number of ether oxygens (including phenoxy) is 1. The van der Waals surface area contributed by atoms with Gasteiger partial charge in [-0.1, -0.05) is 15.9 Å². The molecule has 1 unspecified atom stereocenters. The highest BCUT2D eigenvalue weighted by Crippen LogP contribution is 1.90. The minimum Gasteiger partial charge on any atom is -0.477 e. The number of esters is 1. The van der Waals surface area contributed by atoms with Gasteiger partial charge < -0.3 is 14.9 Å². The van der Waals surface area contributed by atoms with E-state index in [1.807, 2.05) is 0 Å². The fourth-order valence-electron chi connectivity index (χ4n) is 0.206. The van der Waals surface area contributed by atoms with Crippen molar-refractivity contribution in [1.82, 2.24) is 0 Å². The Kier molecular flexibility index (Phi) is 3.97. The van der Waals surface area contributed by atoms with Gasteiger partial charge in [0.15, 0.2) is 0 Å². The summed E-state index contributed by atoms with van der Waals surface area (Å²) in [5.41, 5.74) is 0. The molecule has 0 aromatic carbocycles. The molecule has 0 aliphatic carbocycles. The highest BCUT2D eigenvalue weighted by atomic mass is 79.9. The molecule has 0 heterocycles. The second-order valence-electron chi connectivity index (χ2n) is 1.31. The molecule has 0 amide bonds. The number of aliphatic hydroxyl groups is 1. The lowest BCUT2D eigenvalue weighted by molar-refractivity contribution is -0.185. The van der Waals surface area contributed by atoms with Gasteiger partial charge in [-0.15, -0.1) is 0 Å². The molecule has 0 aliphatic rings. The highest BCUT2D eigenvalue weighted by Gasteiger charge is 2.16. The van der Waals surface area contributed by atoms with Crippen molar-refractivity contribution in [2.45, 2.75) is 6.29 Å². The van der Waals surface area contributed by atoms with Gasteiger partial charge in [-0.25, -0.2) is 4.79 Å². The van der Waals surface area contributed by atoms with Crippen LogP contribution in [-0.2, 0) is 14.3 Å². The van der Waals surface area contributed by atoms with Crippen molar-refractivity contribution in [3.8, 4) is 0 Å². The van der Waals surface area contributed by atoms with E-state index in [1.54, 1.807) is 0 Å². The Hall–Kier alpha value is -0.620. The number of alkyl halides is 1. The quantitative estimate of drug-likeness (QED) is 0.369. The normalized spacial score (nSPS) is 12.2. The minimum absolute atomic E-state index is 0.142. The largest absolute Gasteiger partial charge is 0.477 e. The monoisotopic (exact) mass is 212 g/mol. The van der Waals surface area contributed by atoms with Crippen LogP contribution in [0.5, 0.6) is 0 Å². The molecule has 0 rings (SSSR count). The maximum absolute atomic E-state index is 10.2. The van der Waals surface area contributed by atoms with Crippen LogP contribution in [0.15, 0.2) is 0 Å². The van der Waals surface area contributed by atoms with Crippen LogP contribution in [0, 0.1) is 0 Å². The molecule has 2 N–H and O–H groups in total. The Morgan fingerprint density at radius 1 is 1.60 bits per heavy atom. The lowest BCUT2D eigenvalue weighted by Gasteiger charge is -2.04. The van der Waals surface area contributed by atoms with Crippen LogP contribution < -0.4 is 0 Å². The molecular formula is C4H5BrO5. The summed E-state index contributed by atoms with van der Waals surface area (Å²) in [6.07, 6.45) is -2.06. The number of rotatable bonds is 3. The van der Waals surface area contributed by atoms with Gasteiger partial charge in [0.1, 0.15) is 5.33 Å². The third kappa shape index (κ3) is 3.41. The summed E-state index contributed by atoms with van der Waals surface area (Å²) in [7, 11) is 0. The molecule has 0 aromatic heterocycles. The summed E-state index contributed by atoms with van der Waals surface area (Å²) in [6, 6.07) is 0. The molecule has 0 saturated carbocycles. The maximum atomic E-state index is 10.2. The Balaban J connectivity index is 3.68. The van der Waals surface area contributed by atoms with Crippen LogP contribution in [0.4, 0.5) is 0 Å². The molecule has 0 spiro atoms. The lowest BCUT2D eigenvalue weighted by atomic mass is 10.6. The summed E-state index contributed by atoms with van der Waals surface area (Å²) >= 11 is 2.71. The Morgan fingerprint density at radius 3 is 2.40 bits per heavy atom. The van der Waals surface area contributed by atoms with E-state index in [4.69, 9.17) is 10.2 Å². The van der Waals surface area contributed by atoms with Gasteiger partial charge in [0.2, 0.25) is 0 Å². The smallest absolute Gasteiger partial charge is 0.373 e. The van der Waals surface area contributed by atoms with Crippen molar-refractivity contribution in [2.75, 3.05) is 5.33 Å². The molecule has 0 bridgehead atoms. The minimum atomic E-state index is -2.06. The number of halogens is 1. The van der Waals surface area contributed by atoms with E-state index in [1.165, 1.54) is 0 Å². The van der Waals surface area contributed by atoms with Crippen LogP contribution in [0.1, 0.15) is 0 Å². The average Bonchev–Trinajstić information content (AvgIpc) is 1.87. The summed E-state index contributed by atoms with van der Waals surface area (Å²) in [4.78, 5) is 20.0. The van der Waals surface area contributed by atoms with Gasteiger partial charge in [0.25, 0.3) is 6.29 Å². The van der Waals surface area contributed by atoms with Gasteiger partial charge in [-0.3, -0.25) is 4.79 Å². The first kappa shape index (κ1) is 9.38. The molecule has 58 valence electrons. The number of carboxylic acid groups (broad SMARTS) is 1. The first-order valence-electron chi connectivity index (χ1n) is 2.24. The van der Waals surface area contributed by atoms with E-state index in [9.17, 15) is 9.59 Å². The topological polar surface area (TPSA) is 83.8 Å². The van der Waals surface area contributed by atoms with Crippen LogP contribution >= 0.6 is 15.9 Å². The van der Waals surface area contributed by atoms with Gasteiger partial charge in [0, 0.05) is 0 Å². The number of carboxylic acids is 1. The van der Waals surface area contributed by atoms with Crippen molar-refractivity contribution < 1.29 is 24.5 Å². The molecule has 5 nitrogen and oxygen atoms in total. The third-order valence-corrected chi connectivity index (χ3v) is 1.02. The summed E-state index contributed by atoms with van der Waals surface area (Å²) in [6.45, 7) is 0. The second kappa shape index (κ2) is 4.24. The standard InChI is InChI=1S/C4H5BrO5/c5-1-2(6)10-4(9)3(7)8/h4,9H,1H2,(H,7,8). The predicted octanol–water partition coefficient (Wildman–Crippen LogP) is -0.673. The number of aliphatic carboxylic acids is 1. The Bertz CT molecular complexity index is 145. The van der Waals surface area contributed by atoms with E-state index >= 15 is 0 Å². The van der Waals surface area contributed by atoms with E-state index in [0.29, 0.717) is 0 Å². The van der Waals surface area contributed by atoms with Crippen molar-refractivity contribution in [3.63, 3.8) is 0 Å². The Morgan fingerprint density at radius 2 is 2.10 bits per heavy atom. The fourth-order valence-corrected chi connectivity index (χ4v) is 0.339. The van der Waals surface area contributed by atoms with Crippen molar-refractivity contribution in [3.05, 3.63) is 0 Å². The van der Waals surface area contributed by atoms with Crippen LogP contribution in [-0.4, -0.2) is 33.8 Å². The van der Waals surface area contributed by atoms with Gasteiger partial charge in [0.05, 0.1) is 0 Å². The lowest BCUT2D eigenvalue weighted by Crippen LogP contribution is -2.26. The molecule has 0 aliphatic heterocycles. The zero-order chi connectivity index (χ0) is 8.15. The highest BCUT2D eigenvalue weighted by molar-refractivity contribution is 9.09. The van der Waals surface area contributed by atoms with Gasteiger partial charge in [-0.05, 0) is 0 Å². The molecule has 10 heavy (non-hydrogen) atoms. The van der Waals surface area contributed by atoms with Gasteiger partial charge >= 0.3 is 11.9 Å². The molecular weight excluding hydrogens is 208 g/mol. The maximum Gasteiger partial charge on any atom is 0.373 e. The Labute approximate surface area is 64.7 Å². The van der Waals surface area contributed by atoms with Crippen molar-refractivity contribution >= 4 is 27.9 Å². The number of aliphatic hydroxyl groups excluding tert-OH is 1. The number of carbonyl (C=O) groups is 2. The SMILES string of the molecule is O=C(CBr)OC(O)C(=O)O. The zero-order valence-electron chi connectivity index (χ0n) is 4.78. The molecule has 6 heteroatoms. The number of hydrogen-bond acceptors (Lipinski definition) is 4.